The minimum absolute atomic E-state index is 0.143. The fraction of sp³-hybridized carbons (Fsp3) is 0.286. The highest BCUT2D eigenvalue weighted by Crippen LogP contribution is 2.40. The number of aromatic carboxylic acids is 1. The molecule has 92 valence electrons. The van der Waals surface area contributed by atoms with Gasteiger partial charge in [0, 0.05) is 17.0 Å². The zero-order valence-corrected chi connectivity index (χ0v) is 9.90. The summed E-state index contributed by atoms with van der Waals surface area (Å²) in [5, 5.41) is 9.62. The number of hydrogen-bond acceptors (Lipinski definition) is 2. The van der Waals surface area contributed by atoms with Crippen LogP contribution in [0, 0.1) is 12.7 Å². The van der Waals surface area contributed by atoms with Crippen molar-refractivity contribution in [1.82, 2.24) is 4.98 Å². The second-order valence-electron chi connectivity index (χ2n) is 4.79. The summed E-state index contributed by atoms with van der Waals surface area (Å²) in [7, 11) is 0. The Hall–Kier alpha value is -1.97. The smallest absolute Gasteiger partial charge is 0.336 e. The van der Waals surface area contributed by atoms with Gasteiger partial charge in [-0.05, 0) is 43.5 Å². The molecule has 1 fully saturated rings. The van der Waals surface area contributed by atoms with Gasteiger partial charge in [-0.15, -0.1) is 0 Å². The molecule has 0 aliphatic heterocycles. The molecule has 3 nitrogen and oxygen atoms in total. The Morgan fingerprint density at radius 1 is 1.39 bits per heavy atom. The Balaban J connectivity index is 2.37. The third-order valence-corrected chi connectivity index (χ3v) is 3.31. The first-order chi connectivity index (χ1) is 8.56. The van der Waals surface area contributed by atoms with Crippen molar-refractivity contribution in [1.29, 1.82) is 0 Å². The number of aryl methyl sites for hydroxylation is 1. The van der Waals surface area contributed by atoms with Crippen LogP contribution in [-0.4, -0.2) is 16.1 Å². The molecule has 0 saturated heterocycles. The minimum atomic E-state index is -1.03. The molecule has 3 rings (SSSR count). The van der Waals surface area contributed by atoms with Crippen LogP contribution < -0.4 is 0 Å². The molecule has 1 aliphatic carbocycles. The zero-order valence-electron chi connectivity index (χ0n) is 9.90. The summed E-state index contributed by atoms with van der Waals surface area (Å²) in [4.78, 5) is 15.8. The second-order valence-corrected chi connectivity index (χ2v) is 4.79. The highest BCUT2D eigenvalue weighted by Gasteiger charge is 2.27. The number of aromatic nitrogens is 1. The number of fused-ring (bicyclic) bond motifs is 1. The van der Waals surface area contributed by atoms with Crippen molar-refractivity contribution in [3.8, 4) is 0 Å². The highest BCUT2D eigenvalue weighted by molar-refractivity contribution is 6.03. The molecule has 1 heterocycles. The summed E-state index contributed by atoms with van der Waals surface area (Å²) >= 11 is 0. The van der Waals surface area contributed by atoms with E-state index in [4.69, 9.17) is 0 Å². The largest absolute Gasteiger partial charge is 0.478 e. The number of carboxylic acid groups (broad SMARTS) is 1. The van der Waals surface area contributed by atoms with E-state index >= 15 is 0 Å². The average molecular weight is 245 g/mol. The van der Waals surface area contributed by atoms with E-state index in [1.165, 1.54) is 12.1 Å². The van der Waals surface area contributed by atoms with E-state index < -0.39 is 11.8 Å². The summed E-state index contributed by atoms with van der Waals surface area (Å²) < 4.78 is 13.4. The Labute approximate surface area is 103 Å². The Morgan fingerprint density at radius 3 is 2.72 bits per heavy atom. The molecule has 1 saturated carbocycles. The van der Waals surface area contributed by atoms with Crippen molar-refractivity contribution in [2.75, 3.05) is 0 Å². The molecular weight excluding hydrogens is 233 g/mol. The van der Waals surface area contributed by atoms with Crippen LogP contribution in [0.2, 0.25) is 0 Å². The van der Waals surface area contributed by atoms with E-state index in [0.717, 1.165) is 18.5 Å². The van der Waals surface area contributed by atoms with E-state index in [2.05, 4.69) is 4.98 Å². The lowest BCUT2D eigenvalue weighted by Gasteiger charge is -2.08. The van der Waals surface area contributed by atoms with Crippen molar-refractivity contribution in [3.05, 3.63) is 40.8 Å². The van der Waals surface area contributed by atoms with Gasteiger partial charge in [-0.25, -0.2) is 9.18 Å². The van der Waals surface area contributed by atoms with Crippen LogP contribution in [0.25, 0.3) is 10.9 Å². The molecule has 0 bridgehead atoms. The molecule has 0 amide bonds. The first-order valence-electron chi connectivity index (χ1n) is 5.90. The van der Waals surface area contributed by atoms with Crippen LogP contribution in [0.4, 0.5) is 4.39 Å². The van der Waals surface area contributed by atoms with Gasteiger partial charge in [-0.3, -0.25) is 4.98 Å². The van der Waals surface area contributed by atoms with Crippen LogP contribution in [0.1, 0.15) is 40.4 Å². The van der Waals surface area contributed by atoms with Gasteiger partial charge in [0.05, 0.1) is 11.1 Å². The van der Waals surface area contributed by atoms with Gasteiger partial charge in [0.15, 0.2) is 0 Å². The van der Waals surface area contributed by atoms with Gasteiger partial charge in [-0.1, -0.05) is 0 Å². The SMILES string of the molecule is Cc1cc(F)cc2c(C(=O)O)cc(C3CC3)nc12. The van der Waals surface area contributed by atoms with E-state index in [-0.39, 0.29) is 5.56 Å². The molecule has 1 aromatic carbocycles. The lowest BCUT2D eigenvalue weighted by molar-refractivity contribution is 0.0699. The van der Waals surface area contributed by atoms with Gasteiger partial charge in [0.1, 0.15) is 5.82 Å². The van der Waals surface area contributed by atoms with Crippen molar-refractivity contribution in [3.63, 3.8) is 0 Å². The molecular formula is C14H12FNO2. The predicted octanol–water partition coefficient (Wildman–Crippen LogP) is 3.26. The summed E-state index contributed by atoms with van der Waals surface area (Å²) in [5.41, 5.74) is 2.23. The van der Waals surface area contributed by atoms with Gasteiger partial charge < -0.3 is 5.11 Å². The molecule has 2 aromatic rings. The van der Waals surface area contributed by atoms with Crippen LogP contribution in [0.5, 0.6) is 0 Å². The monoisotopic (exact) mass is 245 g/mol. The minimum Gasteiger partial charge on any atom is -0.478 e. The maximum Gasteiger partial charge on any atom is 0.336 e. The normalized spacial score (nSPS) is 15.0. The number of halogens is 1. The Bertz CT molecular complexity index is 662. The zero-order chi connectivity index (χ0) is 12.9. The number of benzene rings is 1. The average Bonchev–Trinajstić information content (AvgIpc) is 3.11. The predicted molar refractivity (Wildman–Crippen MR) is 65.4 cm³/mol. The van der Waals surface area contributed by atoms with E-state index in [1.807, 2.05) is 0 Å². The lowest BCUT2D eigenvalue weighted by atomic mass is 10.0. The Morgan fingerprint density at radius 2 is 2.11 bits per heavy atom. The number of rotatable bonds is 2. The molecule has 0 radical (unpaired) electrons. The van der Waals surface area contributed by atoms with Crippen molar-refractivity contribution >= 4 is 16.9 Å². The van der Waals surface area contributed by atoms with Crippen LogP contribution in [0.15, 0.2) is 18.2 Å². The molecule has 4 heteroatoms. The number of hydrogen-bond donors (Lipinski definition) is 1. The molecule has 18 heavy (non-hydrogen) atoms. The standard InChI is InChI=1S/C14H12FNO2/c1-7-4-9(15)5-10-11(14(17)18)6-12(8-2-3-8)16-13(7)10/h4-6,8H,2-3H2,1H3,(H,17,18). The van der Waals surface area contributed by atoms with Gasteiger partial charge in [-0.2, -0.15) is 0 Å². The topological polar surface area (TPSA) is 50.2 Å². The van der Waals surface area contributed by atoms with Gasteiger partial charge in [0.2, 0.25) is 0 Å². The number of carboxylic acids is 1. The number of nitrogens with zero attached hydrogens (tertiary/aromatic N) is 1. The summed E-state index contributed by atoms with van der Waals surface area (Å²) in [6.07, 6.45) is 2.11. The van der Waals surface area contributed by atoms with E-state index in [9.17, 15) is 14.3 Å². The van der Waals surface area contributed by atoms with Crippen molar-refractivity contribution in [2.24, 2.45) is 0 Å². The molecule has 0 atom stereocenters. The maximum absolute atomic E-state index is 13.4. The van der Waals surface area contributed by atoms with Crippen LogP contribution in [0.3, 0.4) is 0 Å². The number of pyridine rings is 1. The fourth-order valence-corrected chi connectivity index (χ4v) is 2.24. The molecule has 1 aromatic heterocycles. The molecule has 1 aliphatic rings. The first kappa shape index (κ1) is 11.1. The fourth-order valence-electron chi connectivity index (χ4n) is 2.24. The maximum atomic E-state index is 13.4. The van der Waals surface area contributed by atoms with Crippen molar-refractivity contribution in [2.45, 2.75) is 25.7 Å². The third-order valence-electron chi connectivity index (χ3n) is 3.31. The third kappa shape index (κ3) is 1.74. The molecule has 0 spiro atoms. The highest BCUT2D eigenvalue weighted by atomic mass is 19.1. The second kappa shape index (κ2) is 3.77. The Kier molecular flexibility index (Phi) is 2.33. The summed E-state index contributed by atoms with van der Waals surface area (Å²) in [6, 6.07) is 4.22. The molecule has 0 unspecified atom stereocenters. The first-order valence-corrected chi connectivity index (χ1v) is 5.90. The van der Waals surface area contributed by atoms with Gasteiger partial charge in [0.25, 0.3) is 0 Å². The summed E-state index contributed by atoms with van der Waals surface area (Å²) in [5.74, 6) is -1.09. The van der Waals surface area contributed by atoms with Crippen LogP contribution >= 0.6 is 0 Å². The lowest BCUT2D eigenvalue weighted by Crippen LogP contribution is -2.03. The van der Waals surface area contributed by atoms with Crippen LogP contribution in [-0.2, 0) is 0 Å². The summed E-state index contributed by atoms with van der Waals surface area (Å²) in [6.45, 7) is 1.75. The van der Waals surface area contributed by atoms with Crippen molar-refractivity contribution < 1.29 is 14.3 Å². The van der Waals surface area contributed by atoms with E-state index in [0.29, 0.717) is 22.4 Å². The van der Waals surface area contributed by atoms with E-state index in [1.54, 1.807) is 13.0 Å². The molecule has 1 N–H and O–H groups in total. The quantitative estimate of drug-likeness (QED) is 0.883. The van der Waals surface area contributed by atoms with Gasteiger partial charge >= 0.3 is 5.97 Å². The number of carbonyl (C=O) groups is 1.